The molecule has 2 aromatic heterocycles. The van der Waals surface area contributed by atoms with E-state index in [9.17, 15) is 0 Å². The summed E-state index contributed by atoms with van der Waals surface area (Å²) in [6.07, 6.45) is 3.48. The summed E-state index contributed by atoms with van der Waals surface area (Å²) in [6, 6.07) is 6.36. The summed E-state index contributed by atoms with van der Waals surface area (Å²) in [5, 5.41) is 5.56. The first kappa shape index (κ1) is 14.1. The molecule has 0 N–H and O–H groups in total. The largest absolute Gasteiger partial charge is 0.378 e. The lowest BCUT2D eigenvalue weighted by atomic mass is 10.1. The number of ether oxygens (including phenoxy) is 1. The Morgan fingerprint density at radius 1 is 1.09 bits per heavy atom. The Balaban J connectivity index is 1.85. The van der Waals surface area contributed by atoms with E-state index in [1.54, 1.807) is 6.33 Å². The molecule has 0 unspecified atom stereocenters. The third-order valence-electron chi connectivity index (χ3n) is 4.25. The van der Waals surface area contributed by atoms with Gasteiger partial charge in [0.2, 0.25) is 0 Å². The van der Waals surface area contributed by atoms with Gasteiger partial charge in [-0.1, -0.05) is 12.1 Å². The predicted octanol–water partition coefficient (Wildman–Crippen LogP) is 2.27. The topological polar surface area (TPSA) is 56.1 Å². The van der Waals surface area contributed by atoms with Crippen molar-refractivity contribution in [1.29, 1.82) is 0 Å². The van der Waals surface area contributed by atoms with Crippen molar-refractivity contribution >= 4 is 16.9 Å². The first-order valence-corrected chi connectivity index (χ1v) is 7.83. The van der Waals surface area contributed by atoms with Crippen LogP contribution in [0.1, 0.15) is 11.1 Å². The highest BCUT2D eigenvalue weighted by Gasteiger charge is 2.18. The summed E-state index contributed by atoms with van der Waals surface area (Å²) >= 11 is 0. The van der Waals surface area contributed by atoms with Crippen molar-refractivity contribution in [3.8, 4) is 5.69 Å². The molecule has 6 heteroatoms. The average Bonchev–Trinajstić information content (AvgIpc) is 3.02. The van der Waals surface area contributed by atoms with E-state index >= 15 is 0 Å². The second-order valence-corrected chi connectivity index (χ2v) is 5.88. The summed E-state index contributed by atoms with van der Waals surface area (Å²) in [7, 11) is 0. The molecule has 0 atom stereocenters. The lowest BCUT2D eigenvalue weighted by Crippen LogP contribution is -2.36. The van der Waals surface area contributed by atoms with Crippen molar-refractivity contribution in [2.24, 2.45) is 0 Å². The first-order chi connectivity index (χ1) is 11.2. The molecule has 1 fully saturated rings. The Bertz CT molecular complexity index is 851. The van der Waals surface area contributed by atoms with Gasteiger partial charge in [-0.3, -0.25) is 0 Å². The monoisotopic (exact) mass is 309 g/mol. The molecule has 3 aromatic rings. The van der Waals surface area contributed by atoms with Gasteiger partial charge < -0.3 is 9.64 Å². The van der Waals surface area contributed by atoms with Gasteiger partial charge in [0.05, 0.1) is 30.5 Å². The van der Waals surface area contributed by atoms with E-state index in [1.807, 2.05) is 10.9 Å². The number of hydrogen-bond donors (Lipinski definition) is 0. The van der Waals surface area contributed by atoms with Crippen LogP contribution in [-0.4, -0.2) is 46.1 Å². The van der Waals surface area contributed by atoms with E-state index < -0.39 is 0 Å². The molecule has 1 aliphatic rings. The van der Waals surface area contributed by atoms with Gasteiger partial charge in [0.1, 0.15) is 12.1 Å². The van der Waals surface area contributed by atoms with Crippen LogP contribution in [0.5, 0.6) is 0 Å². The second kappa shape index (κ2) is 5.62. The first-order valence-electron chi connectivity index (χ1n) is 7.83. The van der Waals surface area contributed by atoms with Crippen LogP contribution in [0.15, 0.2) is 30.7 Å². The van der Waals surface area contributed by atoms with E-state index in [4.69, 9.17) is 4.74 Å². The van der Waals surface area contributed by atoms with Crippen molar-refractivity contribution in [2.45, 2.75) is 13.8 Å². The molecule has 0 bridgehead atoms. The molecule has 0 saturated carbocycles. The van der Waals surface area contributed by atoms with Crippen LogP contribution < -0.4 is 4.90 Å². The van der Waals surface area contributed by atoms with E-state index in [2.05, 4.69) is 52.0 Å². The minimum Gasteiger partial charge on any atom is -0.378 e. The maximum absolute atomic E-state index is 5.43. The molecule has 3 heterocycles. The Kier molecular flexibility index (Phi) is 3.46. The van der Waals surface area contributed by atoms with Gasteiger partial charge in [-0.25, -0.2) is 14.6 Å². The second-order valence-electron chi connectivity index (χ2n) is 5.88. The summed E-state index contributed by atoms with van der Waals surface area (Å²) in [6.45, 7) is 7.34. The van der Waals surface area contributed by atoms with Crippen LogP contribution >= 0.6 is 0 Å². The molecule has 0 radical (unpaired) electrons. The fourth-order valence-corrected chi connectivity index (χ4v) is 2.98. The Morgan fingerprint density at radius 3 is 2.74 bits per heavy atom. The van der Waals surface area contributed by atoms with E-state index in [1.165, 1.54) is 11.1 Å². The molecular formula is C17H19N5O. The van der Waals surface area contributed by atoms with Gasteiger partial charge in [0.25, 0.3) is 0 Å². The summed E-state index contributed by atoms with van der Waals surface area (Å²) in [5.41, 5.74) is 4.28. The van der Waals surface area contributed by atoms with Crippen molar-refractivity contribution in [1.82, 2.24) is 19.7 Å². The number of anilines is 1. The molecule has 23 heavy (non-hydrogen) atoms. The van der Waals surface area contributed by atoms with Gasteiger partial charge in [-0.2, -0.15) is 5.10 Å². The third kappa shape index (κ3) is 2.45. The minimum absolute atomic E-state index is 0.733. The number of nitrogens with zero attached hydrogens (tertiary/aromatic N) is 5. The van der Waals surface area contributed by atoms with Gasteiger partial charge in [0, 0.05) is 13.1 Å². The number of morpholine rings is 1. The average molecular weight is 309 g/mol. The van der Waals surface area contributed by atoms with E-state index in [-0.39, 0.29) is 0 Å². The van der Waals surface area contributed by atoms with Gasteiger partial charge >= 0.3 is 0 Å². The zero-order chi connectivity index (χ0) is 15.8. The standard InChI is InChI=1S/C17H19N5O/c1-12-3-4-13(2)15(9-12)22-17-14(10-20-22)16(18-11-19-17)21-5-7-23-8-6-21/h3-4,9-11H,5-8H2,1-2H3. The molecular weight excluding hydrogens is 290 g/mol. The molecule has 4 rings (SSSR count). The van der Waals surface area contributed by atoms with Crippen LogP contribution in [0.2, 0.25) is 0 Å². The van der Waals surface area contributed by atoms with E-state index in [0.717, 1.165) is 48.8 Å². The highest BCUT2D eigenvalue weighted by atomic mass is 16.5. The smallest absolute Gasteiger partial charge is 0.168 e. The fraction of sp³-hybridized carbons (Fsp3) is 0.353. The normalized spacial score (nSPS) is 15.3. The molecule has 1 aliphatic heterocycles. The molecule has 1 saturated heterocycles. The van der Waals surface area contributed by atoms with Crippen LogP contribution in [0.25, 0.3) is 16.7 Å². The van der Waals surface area contributed by atoms with Crippen molar-refractivity contribution in [3.05, 3.63) is 41.9 Å². The lowest BCUT2D eigenvalue weighted by molar-refractivity contribution is 0.122. The maximum atomic E-state index is 5.43. The summed E-state index contributed by atoms with van der Waals surface area (Å²) < 4.78 is 7.34. The number of fused-ring (bicyclic) bond motifs is 1. The van der Waals surface area contributed by atoms with Gasteiger partial charge in [-0.15, -0.1) is 0 Å². The number of aryl methyl sites for hydroxylation is 2. The molecule has 0 spiro atoms. The Morgan fingerprint density at radius 2 is 1.91 bits per heavy atom. The van der Waals surface area contributed by atoms with Crippen LogP contribution in [0, 0.1) is 13.8 Å². The summed E-state index contributed by atoms with van der Waals surface area (Å²) in [5.74, 6) is 0.940. The van der Waals surface area contributed by atoms with Gasteiger partial charge in [0.15, 0.2) is 5.65 Å². The quantitative estimate of drug-likeness (QED) is 0.727. The Hall–Kier alpha value is -2.47. The van der Waals surface area contributed by atoms with Gasteiger partial charge in [-0.05, 0) is 31.0 Å². The minimum atomic E-state index is 0.733. The van der Waals surface area contributed by atoms with Crippen molar-refractivity contribution < 1.29 is 4.74 Å². The molecule has 6 nitrogen and oxygen atoms in total. The molecule has 0 aliphatic carbocycles. The zero-order valence-electron chi connectivity index (χ0n) is 13.4. The highest BCUT2D eigenvalue weighted by Crippen LogP contribution is 2.26. The molecule has 118 valence electrons. The number of aromatic nitrogens is 4. The van der Waals surface area contributed by atoms with Crippen LogP contribution in [0.4, 0.5) is 5.82 Å². The van der Waals surface area contributed by atoms with E-state index in [0.29, 0.717) is 0 Å². The maximum Gasteiger partial charge on any atom is 0.168 e. The molecule has 1 aromatic carbocycles. The zero-order valence-corrected chi connectivity index (χ0v) is 13.4. The lowest BCUT2D eigenvalue weighted by Gasteiger charge is -2.27. The fourth-order valence-electron chi connectivity index (χ4n) is 2.98. The molecule has 0 amide bonds. The van der Waals surface area contributed by atoms with Crippen LogP contribution in [-0.2, 0) is 4.74 Å². The van der Waals surface area contributed by atoms with Crippen molar-refractivity contribution in [2.75, 3.05) is 31.2 Å². The summed E-state index contributed by atoms with van der Waals surface area (Å²) in [4.78, 5) is 11.2. The predicted molar refractivity (Wildman–Crippen MR) is 89.2 cm³/mol. The van der Waals surface area contributed by atoms with Crippen LogP contribution in [0.3, 0.4) is 0 Å². The SMILES string of the molecule is Cc1ccc(C)c(-n2ncc3c(N4CCOCC4)ncnc32)c1. The van der Waals surface area contributed by atoms with Crippen molar-refractivity contribution in [3.63, 3.8) is 0 Å². The third-order valence-corrected chi connectivity index (χ3v) is 4.25. The highest BCUT2D eigenvalue weighted by molar-refractivity contribution is 5.87. The number of hydrogen-bond acceptors (Lipinski definition) is 5. The Labute approximate surface area is 134 Å². The number of rotatable bonds is 2. The number of benzene rings is 1.